The van der Waals surface area contributed by atoms with E-state index < -0.39 is 0 Å². The Kier molecular flexibility index (Phi) is 10.0. The van der Waals surface area contributed by atoms with E-state index in [1.807, 2.05) is 0 Å². The van der Waals surface area contributed by atoms with Gasteiger partial charge in [-0.25, -0.2) is 0 Å². The van der Waals surface area contributed by atoms with E-state index in [-0.39, 0.29) is 24.9 Å². The first kappa shape index (κ1) is 18.5. The first-order valence-electron chi connectivity index (χ1n) is 5.53. The molecule has 1 amide bonds. The third-order valence-electron chi connectivity index (χ3n) is 2.26. The summed E-state index contributed by atoms with van der Waals surface area (Å²) >= 11 is 11.8. The topological polar surface area (TPSA) is 50.4 Å². The van der Waals surface area contributed by atoms with Crippen molar-refractivity contribution >= 4 is 41.5 Å². The second kappa shape index (κ2) is 10.3. The zero-order valence-corrected chi connectivity index (χ0v) is 12.9. The van der Waals surface area contributed by atoms with Crippen molar-refractivity contribution in [1.29, 1.82) is 0 Å². The van der Waals surface area contributed by atoms with Crippen molar-refractivity contribution in [3.63, 3.8) is 0 Å². The van der Waals surface area contributed by atoms with E-state index in [4.69, 9.17) is 27.9 Å². The largest absolute Gasteiger partial charge is 0.383 e. The molecule has 108 valence electrons. The summed E-state index contributed by atoms with van der Waals surface area (Å²) < 4.78 is 4.86. The predicted octanol–water partition coefficient (Wildman–Crippen LogP) is 2.27. The number of hydrogen-bond donors (Lipinski definition) is 2. The molecular weight excluding hydrogens is 311 g/mol. The molecule has 0 unspecified atom stereocenters. The highest BCUT2D eigenvalue weighted by atomic mass is 35.5. The van der Waals surface area contributed by atoms with Gasteiger partial charge in [-0.15, -0.1) is 12.4 Å². The van der Waals surface area contributed by atoms with E-state index in [1.54, 1.807) is 25.3 Å². The molecule has 1 rings (SSSR count). The zero-order valence-electron chi connectivity index (χ0n) is 10.5. The smallest absolute Gasteiger partial charge is 0.234 e. The van der Waals surface area contributed by atoms with E-state index in [1.165, 1.54) is 0 Å². The standard InChI is InChI=1S/C12H16Cl2N2O2.ClH/c1-18-5-4-15-8-12(17)16-7-9-2-3-10(13)6-11(9)14;/h2-3,6,15H,4-5,7-8H2,1H3,(H,16,17);1H. The number of amides is 1. The molecule has 0 radical (unpaired) electrons. The maximum Gasteiger partial charge on any atom is 0.234 e. The molecule has 0 heterocycles. The molecule has 0 aromatic heterocycles. The fraction of sp³-hybridized carbons (Fsp3) is 0.417. The van der Waals surface area contributed by atoms with Crippen molar-refractivity contribution in [3.8, 4) is 0 Å². The summed E-state index contributed by atoms with van der Waals surface area (Å²) in [4.78, 5) is 11.5. The van der Waals surface area contributed by atoms with Crippen LogP contribution >= 0.6 is 35.6 Å². The SMILES string of the molecule is COCCNCC(=O)NCc1ccc(Cl)cc1Cl.Cl. The Labute approximate surface area is 129 Å². The summed E-state index contributed by atoms with van der Waals surface area (Å²) in [5, 5.41) is 6.85. The molecule has 4 nitrogen and oxygen atoms in total. The number of hydrogen-bond acceptors (Lipinski definition) is 3. The van der Waals surface area contributed by atoms with Crippen molar-refractivity contribution in [2.24, 2.45) is 0 Å². The van der Waals surface area contributed by atoms with Gasteiger partial charge in [-0.05, 0) is 17.7 Å². The molecule has 7 heteroatoms. The van der Waals surface area contributed by atoms with Crippen LogP contribution in [0.1, 0.15) is 5.56 Å². The normalized spacial score (nSPS) is 9.84. The minimum absolute atomic E-state index is 0. The zero-order chi connectivity index (χ0) is 13.4. The molecule has 0 saturated heterocycles. The summed E-state index contributed by atoms with van der Waals surface area (Å²) in [6.45, 7) is 1.87. The lowest BCUT2D eigenvalue weighted by Gasteiger charge is -2.08. The Hall–Kier alpha value is -0.520. The molecule has 1 aromatic rings. The highest BCUT2D eigenvalue weighted by Gasteiger charge is 2.04. The maximum absolute atomic E-state index is 11.5. The van der Waals surface area contributed by atoms with Crippen LogP contribution in [0.2, 0.25) is 10.0 Å². The van der Waals surface area contributed by atoms with Crippen LogP contribution < -0.4 is 10.6 Å². The number of rotatable bonds is 7. The van der Waals surface area contributed by atoms with Gasteiger partial charge in [0, 0.05) is 30.2 Å². The van der Waals surface area contributed by atoms with Crippen LogP contribution in [0, 0.1) is 0 Å². The van der Waals surface area contributed by atoms with Crippen molar-refractivity contribution in [2.45, 2.75) is 6.54 Å². The average molecular weight is 328 g/mol. The van der Waals surface area contributed by atoms with Crippen molar-refractivity contribution in [1.82, 2.24) is 10.6 Å². The van der Waals surface area contributed by atoms with Gasteiger partial charge in [0.2, 0.25) is 5.91 Å². The van der Waals surface area contributed by atoms with Crippen LogP contribution in [-0.4, -0.2) is 32.7 Å². The quantitative estimate of drug-likeness (QED) is 0.755. The third kappa shape index (κ3) is 7.60. The molecule has 0 saturated carbocycles. The Morgan fingerprint density at radius 2 is 2.11 bits per heavy atom. The molecule has 0 aliphatic carbocycles. The van der Waals surface area contributed by atoms with E-state index >= 15 is 0 Å². The first-order chi connectivity index (χ1) is 8.63. The Balaban J connectivity index is 0.00000324. The van der Waals surface area contributed by atoms with Crippen molar-refractivity contribution in [3.05, 3.63) is 33.8 Å². The fourth-order valence-electron chi connectivity index (χ4n) is 1.30. The Morgan fingerprint density at radius 3 is 2.74 bits per heavy atom. The number of halogens is 3. The van der Waals surface area contributed by atoms with Gasteiger partial charge in [0.05, 0.1) is 13.2 Å². The van der Waals surface area contributed by atoms with Crippen LogP contribution in [0.15, 0.2) is 18.2 Å². The van der Waals surface area contributed by atoms with Crippen LogP contribution in [0.25, 0.3) is 0 Å². The maximum atomic E-state index is 11.5. The van der Waals surface area contributed by atoms with Gasteiger partial charge in [0.1, 0.15) is 0 Å². The second-order valence-electron chi connectivity index (χ2n) is 3.68. The molecule has 0 aliphatic heterocycles. The number of carbonyl (C=O) groups excluding carboxylic acids is 1. The van der Waals surface area contributed by atoms with Crippen LogP contribution in [0.5, 0.6) is 0 Å². The molecular formula is C12H17Cl3N2O2. The summed E-state index contributed by atoms with van der Waals surface area (Å²) in [7, 11) is 1.62. The third-order valence-corrected chi connectivity index (χ3v) is 2.85. The summed E-state index contributed by atoms with van der Waals surface area (Å²) in [5.74, 6) is -0.0860. The van der Waals surface area contributed by atoms with Gasteiger partial charge in [-0.3, -0.25) is 4.79 Å². The van der Waals surface area contributed by atoms with Gasteiger partial charge in [0.15, 0.2) is 0 Å². The van der Waals surface area contributed by atoms with Gasteiger partial charge < -0.3 is 15.4 Å². The van der Waals surface area contributed by atoms with Crippen molar-refractivity contribution < 1.29 is 9.53 Å². The minimum Gasteiger partial charge on any atom is -0.383 e. The highest BCUT2D eigenvalue weighted by Crippen LogP contribution is 2.20. The van der Waals surface area contributed by atoms with Gasteiger partial charge in [-0.1, -0.05) is 29.3 Å². The molecule has 19 heavy (non-hydrogen) atoms. The number of carbonyl (C=O) groups is 1. The Bertz CT molecular complexity index is 403. The van der Waals surface area contributed by atoms with Crippen LogP contribution in [-0.2, 0) is 16.1 Å². The summed E-state index contributed by atoms with van der Waals surface area (Å²) in [6.07, 6.45) is 0. The van der Waals surface area contributed by atoms with Gasteiger partial charge in [0.25, 0.3) is 0 Å². The van der Waals surface area contributed by atoms with Gasteiger partial charge in [-0.2, -0.15) is 0 Å². The molecule has 0 atom stereocenters. The lowest BCUT2D eigenvalue weighted by Crippen LogP contribution is -2.34. The fourth-order valence-corrected chi connectivity index (χ4v) is 1.77. The molecule has 0 bridgehead atoms. The second-order valence-corrected chi connectivity index (χ2v) is 4.53. The molecule has 2 N–H and O–H groups in total. The predicted molar refractivity (Wildman–Crippen MR) is 80.3 cm³/mol. The average Bonchev–Trinajstić information content (AvgIpc) is 2.33. The Morgan fingerprint density at radius 1 is 1.37 bits per heavy atom. The monoisotopic (exact) mass is 326 g/mol. The van der Waals surface area contributed by atoms with Crippen molar-refractivity contribution in [2.75, 3.05) is 26.8 Å². The molecule has 0 fully saturated rings. The number of ether oxygens (including phenoxy) is 1. The number of nitrogens with one attached hydrogen (secondary N) is 2. The number of benzene rings is 1. The van der Waals surface area contributed by atoms with E-state index in [0.29, 0.717) is 29.7 Å². The van der Waals surface area contributed by atoms with Crippen LogP contribution in [0.4, 0.5) is 0 Å². The lowest BCUT2D eigenvalue weighted by atomic mass is 10.2. The first-order valence-corrected chi connectivity index (χ1v) is 6.29. The van der Waals surface area contributed by atoms with Crippen LogP contribution in [0.3, 0.4) is 0 Å². The van der Waals surface area contributed by atoms with E-state index in [9.17, 15) is 4.79 Å². The van der Waals surface area contributed by atoms with E-state index in [2.05, 4.69) is 10.6 Å². The van der Waals surface area contributed by atoms with E-state index in [0.717, 1.165) is 5.56 Å². The lowest BCUT2D eigenvalue weighted by molar-refractivity contribution is -0.120. The summed E-state index contributed by atoms with van der Waals surface area (Å²) in [5.41, 5.74) is 0.839. The minimum atomic E-state index is -0.0860. The molecule has 0 spiro atoms. The molecule has 0 aliphatic rings. The molecule has 1 aromatic carbocycles. The number of methoxy groups -OCH3 is 1. The summed E-state index contributed by atoms with van der Waals surface area (Å²) in [6, 6.07) is 5.19. The van der Waals surface area contributed by atoms with Gasteiger partial charge >= 0.3 is 0 Å². The highest BCUT2D eigenvalue weighted by molar-refractivity contribution is 6.35.